The van der Waals surface area contributed by atoms with Gasteiger partial charge in [0.1, 0.15) is 12.3 Å². The highest BCUT2D eigenvalue weighted by molar-refractivity contribution is 5.81. The van der Waals surface area contributed by atoms with E-state index in [2.05, 4.69) is 10.4 Å². The van der Waals surface area contributed by atoms with Crippen LogP contribution in [0.15, 0.2) is 59.5 Å². The number of para-hydroxylation sites is 1. The maximum atomic E-state index is 12.1. The lowest BCUT2D eigenvalue weighted by atomic mass is 10.2. The zero-order chi connectivity index (χ0) is 18.4. The van der Waals surface area contributed by atoms with Crippen LogP contribution in [0.3, 0.4) is 0 Å². The molecule has 0 fully saturated rings. The van der Waals surface area contributed by atoms with Crippen molar-refractivity contribution in [1.29, 1.82) is 0 Å². The first kappa shape index (κ1) is 17.7. The van der Waals surface area contributed by atoms with Crippen molar-refractivity contribution in [3.05, 3.63) is 70.5 Å². The second-order valence-electron chi connectivity index (χ2n) is 6.05. The Morgan fingerprint density at radius 3 is 2.88 bits per heavy atom. The molecule has 26 heavy (non-hydrogen) atoms. The van der Waals surface area contributed by atoms with E-state index in [1.54, 1.807) is 18.2 Å². The van der Waals surface area contributed by atoms with Gasteiger partial charge in [0.15, 0.2) is 0 Å². The molecule has 3 rings (SSSR count). The van der Waals surface area contributed by atoms with Gasteiger partial charge in [0.2, 0.25) is 11.3 Å². The molecule has 0 unspecified atom stereocenters. The summed E-state index contributed by atoms with van der Waals surface area (Å²) in [6.45, 7) is 3.13. The monoisotopic (exact) mass is 351 g/mol. The third kappa shape index (κ3) is 4.47. The molecule has 134 valence electrons. The average molecular weight is 351 g/mol. The lowest BCUT2D eigenvalue weighted by Gasteiger charge is -2.10. The lowest BCUT2D eigenvalue weighted by molar-refractivity contribution is -0.121. The predicted octanol–water partition coefficient (Wildman–Crippen LogP) is 2.29. The van der Waals surface area contributed by atoms with E-state index in [-0.39, 0.29) is 17.9 Å². The summed E-state index contributed by atoms with van der Waals surface area (Å²) in [5.74, 6) is 0.683. The first-order valence-electron chi connectivity index (χ1n) is 8.54. The summed E-state index contributed by atoms with van der Waals surface area (Å²) in [6, 6.07) is 15.0. The van der Waals surface area contributed by atoms with Crippen LogP contribution in [0.2, 0.25) is 0 Å². The van der Waals surface area contributed by atoms with Gasteiger partial charge in [-0.25, -0.2) is 0 Å². The average Bonchev–Trinajstić information content (AvgIpc) is 2.64. The molecule has 6 heteroatoms. The number of carbonyl (C=O) groups excluding carboxylic acids is 1. The molecule has 0 aliphatic rings. The normalized spacial score (nSPS) is 10.7. The molecule has 1 N–H and O–H groups in total. The summed E-state index contributed by atoms with van der Waals surface area (Å²) >= 11 is 0. The van der Waals surface area contributed by atoms with Crippen molar-refractivity contribution < 1.29 is 9.53 Å². The minimum atomic E-state index is -0.151. The van der Waals surface area contributed by atoms with Crippen LogP contribution in [0, 0.1) is 6.92 Å². The molecule has 0 aliphatic carbocycles. The number of fused-ring (bicyclic) bond motifs is 1. The van der Waals surface area contributed by atoms with Crippen molar-refractivity contribution in [2.45, 2.75) is 19.9 Å². The molecule has 6 nitrogen and oxygen atoms in total. The van der Waals surface area contributed by atoms with Crippen LogP contribution in [0.1, 0.15) is 12.0 Å². The number of ether oxygens (including phenoxy) is 1. The van der Waals surface area contributed by atoms with Gasteiger partial charge in [-0.2, -0.15) is 5.10 Å². The molecule has 0 spiro atoms. The molecule has 0 saturated carbocycles. The number of hydrogen-bond acceptors (Lipinski definition) is 4. The molecule has 0 atom stereocenters. The molecule has 0 radical (unpaired) electrons. The highest BCUT2D eigenvalue weighted by Gasteiger charge is 2.07. The zero-order valence-corrected chi connectivity index (χ0v) is 14.6. The van der Waals surface area contributed by atoms with E-state index < -0.39 is 0 Å². The van der Waals surface area contributed by atoms with Crippen LogP contribution in [-0.4, -0.2) is 28.8 Å². The SMILES string of the molecule is Cc1cccc(OCCCNC(=O)Cn2ncc(=O)c3ccccc32)c1. The van der Waals surface area contributed by atoms with E-state index in [1.165, 1.54) is 10.9 Å². The summed E-state index contributed by atoms with van der Waals surface area (Å²) in [5.41, 5.74) is 1.65. The van der Waals surface area contributed by atoms with Gasteiger partial charge in [-0.3, -0.25) is 14.3 Å². The fourth-order valence-corrected chi connectivity index (χ4v) is 2.67. The first-order chi connectivity index (χ1) is 12.6. The number of benzene rings is 2. The molecule has 1 aromatic heterocycles. The second kappa shape index (κ2) is 8.29. The second-order valence-corrected chi connectivity index (χ2v) is 6.05. The van der Waals surface area contributed by atoms with E-state index in [0.29, 0.717) is 30.5 Å². The number of aromatic nitrogens is 2. The van der Waals surface area contributed by atoms with Crippen LogP contribution < -0.4 is 15.5 Å². The quantitative estimate of drug-likeness (QED) is 0.663. The summed E-state index contributed by atoms with van der Waals surface area (Å²) in [7, 11) is 0. The van der Waals surface area contributed by atoms with Gasteiger partial charge in [-0.1, -0.05) is 24.3 Å². The Labute approximate surface area is 151 Å². The van der Waals surface area contributed by atoms with E-state index in [4.69, 9.17) is 4.74 Å². The highest BCUT2D eigenvalue weighted by atomic mass is 16.5. The van der Waals surface area contributed by atoms with Gasteiger partial charge in [-0.15, -0.1) is 0 Å². The summed E-state index contributed by atoms with van der Waals surface area (Å²) < 4.78 is 7.19. The molecular weight excluding hydrogens is 330 g/mol. The number of nitrogens with zero attached hydrogens (tertiary/aromatic N) is 2. The lowest BCUT2D eigenvalue weighted by Crippen LogP contribution is -2.30. The molecule has 3 aromatic rings. The molecule has 0 aliphatic heterocycles. The fourth-order valence-electron chi connectivity index (χ4n) is 2.67. The van der Waals surface area contributed by atoms with Crippen LogP contribution in [0.5, 0.6) is 5.75 Å². The van der Waals surface area contributed by atoms with Gasteiger partial charge in [0, 0.05) is 11.9 Å². The van der Waals surface area contributed by atoms with Gasteiger partial charge >= 0.3 is 0 Å². The van der Waals surface area contributed by atoms with Gasteiger partial charge < -0.3 is 10.1 Å². The van der Waals surface area contributed by atoms with Gasteiger partial charge in [-0.05, 0) is 43.2 Å². The van der Waals surface area contributed by atoms with Crippen LogP contribution in [0.25, 0.3) is 10.9 Å². The summed E-state index contributed by atoms with van der Waals surface area (Å²) in [5, 5.41) is 7.46. The maximum absolute atomic E-state index is 12.1. The number of aryl methyl sites for hydroxylation is 1. The Bertz CT molecular complexity index is 966. The Morgan fingerprint density at radius 1 is 1.19 bits per heavy atom. The third-order valence-electron chi connectivity index (χ3n) is 3.96. The zero-order valence-electron chi connectivity index (χ0n) is 14.6. The van der Waals surface area contributed by atoms with Crippen molar-refractivity contribution in [3.63, 3.8) is 0 Å². The predicted molar refractivity (Wildman–Crippen MR) is 100 cm³/mol. The van der Waals surface area contributed by atoms with E-state index in [9.17, 15) is 9.59 Å². The number of nitrogens with one attached hydrogen (secondary N) is 1. The highest BCUT2D eigenvalue weighted by Crippen LogP contribution is 2.12. The topological polar surface area (TPSA) is 73.2 Å². The Balaban J connectivity index is 1.48. The Hall–Kier alpha value is -3.15. The van der Waals surface area contributed by atoms with Crippen molar-refractivity contribution >= 4 is 16.8 Å². The third-order valence-corrected chi connectivity index (χ3v) is 3.96. The van der Waals surface area contributed by atoms with Gasteiger partial charge in [0.25, 0.3) is 0 Å². The van der Waals surface area contributed by atoms with Crippen molar-refractivity contribution in [2.24, 2.45) is 0 Å². The molecule has 1 amide bonds. The largest absolute Gasteiger partial charge is 0.494 e. The molecule has 1 heterocycles. The molecule has 0 bridgehead atoms. The van der Waals surface area contributed by atoms with E-state index in [0.717, 1.165) is 11.3 Å². The Kier molecular flexibility index (Phi) is 5.63. The van der Waals surface area contributed by atoms with Crippen LogP contribution >= 0.6 is 0 Å². The summed E-state index contributed by atoms with van der Waals surface area (Å²) in [4.78, 5) is 23.9. The van der Waals surface area contributed by atoms with Crippen molar-refractivity contribution in [1.82, 2.24) is 15.1 Å². The minimum absolute atomic E-state index is 0.0690. The van der Waals surface area contributed by atoms with Crippen LogP contribution in [-0.2, 0) is 11.3 Å². The van der Waals surface area contributed by atoms with Crippen LogP contribution in [0.4, 0.5) is 0 Å². The minimum Gasteiger partial charge on any atom is -0.494 e. The Morgan fingerprint density at radius 2 is 2.04 bits per heavy atom. The smallest absolute Gasteiger partial charge is 0.241 e. The molecule has 0 saturated heterocycles. The fraction of sp³-hybridized carbons (Fsp3) is 0.250. The van der Waals surface area contributed by atoms with Crippen molar-refractivity contribution in [3.8, 4) is 5.75 Å². The molecule has 2 aromatic carbocycles. The number of amides is 1. The van der Waals surface area contributed by atoms with Crippen molar-refractivity contribution in [2.75, 3.05) is 13.2 Å². The standard InChI is InChI=1S/C20H21N3O3/c1-15-6-4-7-16(12-15)26-11-5-10-21-20(25)14-23-18-9-3-2-8-17(18)19(24)13-22-23/h2-4,6-9,12-13H,5,10-11,14H2,1H3,(H,21,25). The number of hydrogen-bond donors (Lipinski definition) is 1. The first-order valence-corrected chi connectivity index (χ1v) is 8.54. The van der Waals surface area contributed by atoms with Gasteiger partial charge in [0.05, 0.1) is 18.3 Å². The number of carbonyl (C=O) groups is 1. The number of rotatable bonds is 7. The van der Waals surface area contributed by atoms with E-state index in [1.807, 2.05) is 37.3 Å². The van der Waals surface area contributed by atoms with E-state index >= 15 is 0 Å². The maximum Gasteiger partial charge on any atom is 0.241 e. The summed E-state index contributed by atoms with van der Waals surface area (Å²) in [6.07, 6.45) is 1.95. The molecular formula is C20H21N3O3.